The average Bonchev–Trinajstić information content (AvgIpc) is 2.49. The van der Waals surface area contributed by atoms with Crippen molar-refractivity contribution in [2.75, 3.05) is 14.2 Å². The number of allylic oxidation sites excluding steroid dienone is 4. The molecular weight excluding hydrogens is 208 g/mol. The molecule has 86 valence electrons. The van der Waals surface area contributed by atoms with Gasteiger partial charge >= 0.3 is 11.9 Å². The first-order valence-corrected chi connectivity index (χ1v) is 4.83. The number of ether oxygens (including phenoxy) is 2. The Balaban J connectivity index is 3.19. The maximum Gasteiger partial charge on any atom is 0.335 e. The fourth-order valence-electron chi connectivity index (χ4n) is 1.53. The van der Waals surface area contributed by atoms with Crippen LogP contribution >= 0.6 is 0 Å². The Morgan fingerprint density at radius 3 is 2.44 bits per heavy atom. The normalized spacial score (nSPS) is 19.3. The van der Waals surface area contributed by atoms with Crippen molar-refractivity contribution in [3.63, 3.8) is 0 Å². The van der Waals surface area contributed by atoms with Gasteiger partial charge in [-0.1, -0.05) is 24.3 Å². The van der Waals surface area contributed by atoms with E-state index in [-0.39, 0.29) is 0 Å². The summed E-state index contributed by atoms with van der Waals surface area (Å²) in [6, 6.07) is 0. The fourth-order valence-corrected chi connectivity index (χ4v) is 1.53. The number of rotatable bonds is 2. The summed E-state index contributed by atoms with van der Waals surface area (Å²) < 4.78 is 9.33. The molecule has 1 unspecified atom stereocenters. The Hall–Kier alpha value is -1.84. The minimum atomic E-state index is -0.701. The first kappa shape index (κ1) is 12.2. The first-order chi connectivity index (χ1) is 7.61. The standard InChI is InChI=1S/C12H14O4/c1-8-6-4-5-7-9(11(13)15-2)10(8)12(14)16-3/h4-7,9H,1-3H3. The van der Waals surface area contributed by atoms with E-state index >= 15 is 0 Å². The zero-order valence-corrected chi connectivity index (χ0v) is 9.52. The summed E-state index contributed by atoms with van der Waals surface area (Å²) in [5.41, 5.74) is 1.02. The third-order valence-electron chi connectivity index (χ3n) is 2.36. The molecule has 0 saturated carbocycles. The van der Waals surface area contributed by atoms with Crippen molar-refractivity contribution >= 4 is 11.9 Å². The van der Waals surface area contributed by atoms with Gasteiger partial charge in [0.1, 0.15) is 5.92 Å². The molecule has 4 nitrogen and oxygen atoms in total. The number of carbonyl (C=O) groups is 2. The Morgan fingerprint density at radius 2 is 1.88 bits per heavy atom. The highest BCUT2D eigenvalue weighted by Gasteiger charge is 2.29. The molecule has 1 aliphatic rings. The van der Waals surface area contributed by atoms with Crippen LogP contribution < -0.4 is 0 Å². The molecule has 4 heteroatoms. The van der Waals surface area contributed by atoms with Crippen molar-refractivity contribution in [1.29, 1.82) is 0 Å². The highest BCUT2D eigenvalue weighted by molar-refractivity contribution is 5.97. The molecule has 0 aromatic rings. The second kappa shape index (κ2) is 5.30. The lowest BCUT2D eigenvalue weighted by molar-refractivity contribution is -0.146. The number of esters is 2. The van der Waals surface area contributed by atoms with E-state index in [1.165, 1.54) is 14.2 Å². The number of carbonyl (C=O) groups excluding carboxylic acids is 2. The summed E-state index contributed by atoms with van der Waals surface area (Å²) in [5.74, 6) is -1.68. The predicted octanol–water partition coefficient (Wildman–Crippen LogP) is 1.39. The van der Waals surface area contributed by atoms with E-state index in [0.29, 0.717) is 11.1 Å². The monoisotopic (exact) mass is 222 g/mol. The highest BCUT2D eigenvalue weighted by atomic mass is 16.5. The maximum atomic E-state index is 11.6. The van der Waals surface area contributed by atoms with E-state index in [2.05, 4.69) is 9.47 Å². The largest absolute Gasteiger partial charge is 0.468 e. The molecule has 0 saturated heterocycles. The number of hydrogen-bond acceptors (Lipinski definition) is 4. The Morgan fingerprint density at radius 1 is 1.19 bits per heavy atom. The van der Waals surface area contributed by atoms with E-state index in [9.17, 15) is 9.59 Å². The van der Waals surface area contributed by atoms with Gasteiger partial charge in [0.25, 0.3) is 0 Å². The van der Waals surface area contributed by atoms with Crippen molar-refractivity contribution in [2.24, 2.45) is 5.92 Å². The van der Waals surface area contributed by atoms with Gasteiger partial charge in [-0.2, -0.15) is 0 Å². The Kier molecular flexibility index (Phi) is 4.05. The molecule has 0 heterocycles. The van der Waals surface area contributed by atoms with Gasteiger partial charge in [0, 0.05) is 0 Å². The quantitative estimate of drug-likeness (QED) is 0.662. The van der Waals surface area contributed by atoms with E-state index in [0.717, 1.165) is 0 Å². The Bertz CT molecular complexity index is 388. The third kappa shape index (κ3) is 2.39. The average molecular weight is 222 g/mol. The molecule has 1 atom stereocenters. The predicted molar refractivity (Wildman–Crippen MR) is 58.5 cm³/mol. The summed E-state index contributed by atoms with van der Waals surface area (Å²) in [4.78, 5) is 23.2. The molecule has 0 aromatic heterocycles. The van der Waals surface area contributed by atoms with Crippen LogP contribution in [0.25, 0.3) is 0 Å². The second-order valence-electron chi connectivity index (χ2n) is 3.33. The number of hydrogen-bond donors (Lipinski definition) is 0. The molecule has 0 fully saturated rings. The first-order valence-electron chi connectivity index (χ1n) is 4.83. The molecule has 1 aliphatic carbocycles. The summed E-state index contributed by atoms with van der Waals surface area (Å²) in [6.07, 6.45) is 6.85. The van der Waals surface area contributed by atoms with Crippen molar-refractivity contribution in [3.8, 4) is 0 Å². The molecular formula is C12H14O4. The van der Waals surface area contributed by atoms with E-state index in [1.807, 2.05) is 0 Å². The summed E-state index contributed by atoms with van der Waals surface area (Å²) in [5, 5.41) is 0. The molecule has 0 aromatic carbocycles. The van der Waals surface area contributed by atoms with Gasteiger partial charge < -0.3 is 9.47 Å². The van der Waals surface area contributed by atoms with Gasteiger partial charge in [-0.15, -0.1) is 0 Å². The van der Waals surface area contributed by atoms with Gasteiger partial charge in [-0.25, -0.2) is 4.79 Å². The molecule has 0 aliphatic heterocycles. The van der Waals surface area contributed by atoms with Gasteiger partial charge in [0.15, 0.2) is 0 Å². The smallest absolute Gasteiger partial charge is 0.335 e. The van der Waals surface area contributed by atoms with E-state index in [1.54, 1.807) is 31.2 Å². The van der Waals surface area contributed by atoms with Crippen molar-refractivity contribution < 1.29 is 19.1 Å². The maximum absolute atomic E-state index is 11.6. The lowest BCUT2D eigenvalue weighted by Crippen LogP contribution is -2.23. The highest BCUT2D eigenvalue weighted by Crippen LogP contribution is 2.23. The molecule has 0 amide bonds. The topological polar surface area (TPSA) is 52.6 Å². The van der Waals surface area contributed by atoms with Crippen molar-refractivity contribution in [3.05, 3.63) is 35.5 Å². The van der Waals surface area contributed by atoms with Crippen LogP contribution in [0.4, 0.5) is 0 Å². The van der Waals surface area contributed by atoms with Crippen LogP contribution in [0.15, 0.2) is 35.5 Å². The van der Waals surface area contributed by atoms with Crippen LogP contribution in [0.1, 0.15) is 6.92 Å². The molecule has 0 bridgehead atoms. The van der Waals surface area contributed by atoms with E-state index < -0.39 is 17.9 Å². The Labute approximate surface area is 94.2 Å². The van der Waals surface area contributed by atoms with Crippen molar-refractivity contribution in [2.45, 2.75) is 6.92 Å². The third-order valence-corrected chi connectivity index (χ3v) is 2.36. The number of methoxy groups -OCH3 is 2. The van der Waals surface area contributed by atoms with Crippen LogP contribution in [0, 0.1) is 5.92 Å². The van der Waals surface area contributed by atoms with Crippen molar-refractivity contribution in [1.82, 2.24) is 0 Å². The van der Waals surface area contributed by atoms with Crippen LogP contribution in [0.2, 0.25) is 0 Å². The molecule has 16 heavy (non-hydrogen) atoms. The zero-order chi connectivity index (χ0) is 12.1. The molecule has 0 radical (unpaired) electrons. The summed E-state index contributed by atoms with van der Waals surface area (Å²) in [6.45, 7) is 1.76. The van der Waals surface area contributed by atoms with E-state index in [4.69, 9.17) is 0 Å². The summed E-state index contributed by atoms with van der Waals surface area (Å²) in [7, 11) is 2.58. The lowest BCUT2D eigenvalue weighted by Gasteiger charge is -2.14. The van der Waals surface area contributed by atoms with Gasteiger partial charge in [-0.3, -0.25) is 4.79 Å². The van der Waals surface area contributed by atoms with Gasteiger partial charge in [-0.05, 0) is 12.5 Å². The zero-order valence-electron chi connectivity index (χ0n) is 9.52. The van der Waals surface area contributed by atoms with Crippen LogP contribution in [-0.4, -0.2) is 26.2 Å². The molecule has 0 spiro atoms. The minimum Gasteiger partial charge on any atom is -0.468 e. The van der Waals surface area contributed by atoms with Crippen LogP contribution in [0.5, 0.6) is 0 Å². The van der Waals surface area contributed by atoms with Crippen LogP contribution in [-0.2, 0) is 19.1 Å². The minimum absolute atomic E-state index is 0.319. The second-order valence-corrected chi connectivity index (χ2v) is 3.33. The molecule has 1 rings (SSSR count). The molecule has 0 N–H and O–H groups in total. The summed E-state index contributed by atoms with van der Waals surface area (Å²) >= 11 is 0. The lowest BCUT2D eigenvalue weighted by atomic mass is 9.95. The van der Waals surface area contributed by atoms with Gasteiger partial charge in [0.05, 0.1) is 19.8 Å². The van der Waals surface area contributed by atoms with Gasteiger partial charge in [0.2, 0.25) is 0 Å². The fraction of sp³-hybridized carbons (Fsp3) is 0.333. The SMILES string of the molecule is COC(=O)C1=C(C)C=CC=CC1C(=O)OC. The van der Waals surface area contributed by atoms with Crippen LogP contribution in [0.3, 0.4) is 0 Å².